The zero-order chi connectivity index (χ0) is 54.1. The molecule has 0 amide bonds. The Hall–Kier alpha value is -3.34. The Bertz CT molecular complexity index is 1560. The van der Waals surface area contributed by atoms with Gasteiger partial charge in [0.1, 0.15) is 12.7 Å². The van der Waals surface area contributed by atoms with Crippen molar-refractivity contribution in [3.05, 3.63) is 85.1 Å². The first-order valence-electron chi connectivity index (χ1n) is 29.5. The second-order valence-corrected chi connectivity index (χ2v) is 20.9. The topological polar surface area (TPSA) is 155 Å². The summed E-state index contributed by atoms with van der Waals surface area (Å²) < 4.78 is 39.5. The van der Waals surface area contributed by atoms with Crippen molar-refractivity contribution in [1.29, 1.82) is 0 Å². The summed E-state index contributed by atoms with van der Waals surface area (Å²) in [6.45, 7) is 4.46. The van der Waals surface area contributed by atoms with Gasteiger partial charge in [-0.05, 0) is 96.3 Å². The molecule has 0 aliphatic carbocycles. The SMILES string of the molecule is CC/C=C\C/C=C\C/C=C\C/C=C\C/C=C\CCCCCC(=O)OC(COC(=O)CCCCCCC/C=C\C/C=C\CCCCC)COP(=O)(O)OCC(CO)OC(=O)CCCCCCCCCCCCCCC. The third-order valence-electron chi connectivity index (χ3n) is 12.3. The van der Waals surface area contributed by atoms with E-state index < -0.39 is 57.8 Å². The third kappa shape index (κ3) is 53.5. The van der Waals surface area contributed by atoms with Crippen LogP contribution in [0.2, 0.25) is 0 Å². The molecular weight excluding hydrogens is 952 g/mol. The molecule has 2 N–H and O–H groups in total. The van der Waals surface area contributed by atoms with Gasteiger partial charge in [-0.3, -0.25) is 23.4 Å². The van der Waals surface area contributed by atoms with Gasteiger partial charge in [0, 0.05) is 19.3 Å². The van der Waals surface area contributed by atoms with E-state index in [-0.39, 0.29) is 25.9 Å². The van der Waals surface area contributed by atoms with E-state index in [9.17, 15) is 28.9 Å². The molecule has 3 atom stereocenters. The van der Waals surface area contributed by atoms with E-state index >= 15 is 0 Å². The molecule has 426 valence electrons. The van der Waals surface area contributed by atoms with E-state index in [0.717, 1.165) is 116 Å². The molecule has 0 saturated carbocycles. The normalized spacial score (nSPS) is 14.0. The average Bonchev–Trinajstić information content (AvgIpc) is 3.39. The van der Waals surface area contributed by atoms with Crippen LogP contribution in [-0.2, 0) is 42.2 Å². The second-order valence-electron chi connectivity index (χ2n) is 19.4. The van der Waals surface area contributed by atoms with Crippen LogP contribution in [0.1, 0.15) is 252 Å². The third-order valence-corrected chi connectivity index (χ3v) is 13.3. The minimum Gasteiger partial charge on any atom is -0.462 e. The summed E-state index contributed by atoms with van der Waals surface area (Å²) in [5.74, 6) is -1.52. The molecule has 0 spiro atoms. The Balaban J connectivity index is 4.81. The van der Waals surface area contributed by atoms with Crippen LogP contribution in [0.5, 0.6) is 0 Å². The molecule has 11 nitrogen and oxygen atoms in total. The van der Waals surface area contributed by atoms with Gasteiger partial charge in [-0.1, -0.05) is 221 Å². The first-order chi connectivity index (χ1) is 36.2. The summed E-state index contributed by atoms with van der Waals surface area (Å²) in [6.07, 6.45) is 63.9. The first-order valence-corrected chi connectivity index (χ1v) is 31.0. The zero-order valence-corrected chi connectivity index (χ0v) is 47.9. The van der Waals surface area contributed by atoms with Gasteiger partial charge in [0.05, 0.1) is 19.8 Å². The van der Waals surface area contributed by atoms with Gasteiger partial charge in [-0.25, -0.2) is 4.57 Å². The number of unbranched alkanes of at least 4 members (excludes halogenated alkanes) is 23. The molecule has 12 heteroatoms. The van der Waals surface area contributed by atoms with Crippen molar-refractivity contribution in [3.63, 3.8) is 0 Å². The van der Waals surface area contributed by atoms with Crippen LogP contribution < -0.4 is 0 Å². The lowest BCUT2D eigenvalue weighted by atomic mass is 10.0. The van der Waals surface area contributed by atoms with Crippen molar-refractivity contribution in [2.45, 2.75) is 264 Å². The van der Waals surface area contributed by atoms with Crippen LogP contribution in [0, 0.1) is 0 Å². The van der Waals surface area contributed by atoms with Crippen molar-refractivity contribution in [1.82, 2.24) is 0 Å². The van der Waals surface area contributed by atoms with Gasteiger partial charge in [0.15, 0.2) is 6.10 Å². The summed E-state index contributed by atoms with van der Waals surface area (Å²) in [5, 5.41) is 9.81. The lowest BCUT2D eigenvalue weighted by molar-refractivity contribution is -0.161. The maximum absolute atomic E-state index is 12.9. The molecule has 0 radical (unpaired) electrons. The number of hydrogen-bond donors (Lipinski definition) is 2. The number of esters is 3. The Kier molecular flexibility index (Phi) is 53.4. The van der Waals surface area contributed by atoms with E-state index in [1.165, 1.54) is 77.0 Å². The standard InChI is InChI=1S/C62H107O11P/c1-4-7-10-13-16-19-22-25-27-28-29-30-32-35-38-41-44-47-50-53-62(66)73-59(55-69-60(64)51-48-45-42-39-36-34-31-26-23-20-17-14-11-8-5-2)57-71-74(67,68)70-56-58(54-63)72-61(65)52-49-46-43-40-37-33-24-21-18-15-12-9-6-3/h7,10,16-17,19-20,25-27,29-31,35,38,58-59,63H,4-6,8-9,11-15,18,21-24,28,32-34,36-37,39-57H2,1-3H3,(H,67,68)/b10-7-,19-16-,20-17-,27-25-,30-29-,31-26-,38-35-. The minimum absolute atomic E-state index is 0.123. The highest BCUT2D eigenvalue weighted by atomic mass is 31.2. The maximum atomic E-state index is 12.9. The number of phosphoric acid groups is 1. The lowest BCUT2D eigenvalue weighted by Crippen LogP contribution is -2.30. The fourth-order valence-electron chi connectivity index (χ4n) is 7.82. The van der Waals surface area contributed by atoms with Gasteiger partial charge in [-0.15, -0.1) is 0 Å². The number of hydrogen-bond acceptors (Lipinski definition) is 10. The van der Waals surface area contributed by atoms with Crippen molar-refractivity contribution in [3.8, 4) is 0 Å². The van der Waals surface area contributed by atoms with Gasteiger partial charge in [0.25, 0.3) is 0 Å². The summed E-state index contributed by atoms with van der Waals surface area (Å²) in [7, 11) is -4.76. The molecular formula is C62H107O11P. The molecule has 0 aliphatic heterocycles. The number of carbonyl (C=O) groups is 3. The second kappa shape index (κ2) is 55.9. The Labute approximate surface area is 451 Å². The molecule has 3 unspecified atom stereocenters. The number of aliphatic hydroxyl groups excluding tert-OH is 1. The summed E-state index contributed by atoms with van der Waals surface area (Å²) in [5.41, 5.74) is 0. The maximum Gasteiger partial charge on any atom is 0.472 e. The molecule has 0 aromatic heterocycles. The minimum atomic E-state index is -4.76. The van der Waals surface area contributed by atoms with Gasteiger partial charge in [-0.2, -0.15) is 0 Å². The van der Waals surface area contributed by atoms with Crippen molar-refractivity contribution in [2.24, 2.45) is 0 Å². The van der Waals surface area contributed by atoms with Crippen LogP contribution >= 0.6 is 7.82 Å². The highest BCUT2D eigenvalue weighted by Crippen LogP contribution is 2.43. The first kappa shape index (κ1) is 70.7. The molecule has 0 rings (SSSR count). The van der Waals surface area contributed by atoms with Gasteiger partial charge >= 0.3 is 25.7 Å². The molecule has 0 fully saturated rings. The molecule has 0 bridgehead atoms. The van der Waals surface area contributed by atoms with E-state index in [2.05, 4.69) is 106 Å². The number of ether oxygens (including phenoxy) is 3. The van der Waals surface area contributed by atoms with Crippen LogP contribution in [0.4, 0.5) is 0 Å². The quantitative estimate of drug-likeness (QED) is 0.0197. The molecule has 0 heterocycles. The Morgan fingerprint density at radius 1 is 0.392 bits per heavy atom. The number of carbonyl (C=O) groups excluding carboxylic acids is 3. The van der Waals surface area contributed by atoms with Gasteiger partial charge < -0.3 is 24.2 Å². The van der Waals surface area contributed by atoms with Crippen molar-refractivity contribution >= 4 is 25.7 Å². The average molecular weight is 1060 g/mol. The van der Waals surface area contributed by atoms with E-state index in [1.54, 1.807) is 0 Å². The predicted octanol–water partition coefficient (Wildman–Crippen LogP) is 17.5. The number of aliphatic hydroxyl groups is 1. The van der Waals surface area contributed by atoms with Crippen molar-refractivity contribution in [2.75, 3.05) is 26.4 Å². The highest BCUT2D eigenvalue weighted by molar-refractivity contribution is 7.47. The number of phosphoric ester groups is 1. The fraction of sp³-hybridized carbons (Fsp3) is 0.726. The summed E-state index contributed by atoms with van der Waals surface area (Å²) in [4.78, 5) is 48.6. The summed E-state index contributed by atoms with van der Waals surface area (Å²) >= 11 is 0. The fourth-order valence-corrected chi connectivity index (χ4v) is 8.61. The molecule has 0 aromatic carbocycles. The Morgan fingerprint density at radius 3 is 1.12 bits per heavy atom. The number of rotatable bonds is 54. The molecule has 0 aromatic rings. The summed E-state index contributed by atoms with van der Waals surface area (Å²) in [6, 6.07) is 0. The number of allylic oxidation sites excluding steroid dienone is 14. The predicted molar refractivity (Wildman–Crippen MR) is 307 cm³/mol. The van der Waals surface area contributed by atoms with Crippen LogP contribution in [-0.4, -0.2) is 66.5 Å². The van der Waals surface area contributed by atoms with Crippen LogP contribution in [0.15, 0.2) is 85.1 Å². The largest absolute Gasteiger partial charge is 0.472 e. The monoisotopic (exact) mass is 1060 g/mol. The van der Waals surface area contributed by atoms with E-state index in [1.807, 2.05) is 0 Å². The molecule has 0 aliphatic rings. The lowest BCUT2D eigenvalue weighted by Gasteiger charge is -2.21. The van der Waals surface area contributed by atoms with Crippen LogP contribution in [0.25, 0.3) is 0 Å². The van der Waals surface area contributed by atoms with Crippen LogP contribution in [0.3, 0.4) is 0 Å². The van der Waals surface area contributed by atoms with E-state index in [0.29, 0.717) is 19.3 Å². The zero-order valence-electron chi connectivity index (χ0n) is 47.0. The molecule has 0 saturated heterocycles. The molecule has 74 heavy (non-hydrogen) atoms. The Morgan fingerprint density at radius 2 is 0.703 bits per heavy atom. The highest BCUT2D eigenvalue weighted by Gasteiger charge is 2.28. The smallest absolute Gasteiger partial charge is 0.462 e. The van der Waals surface area contributed by atoms with Gasteiger partial charge in [0.2, 0.25) is 0 Å². The van der Waals surface area contributed by atoms with Crippen molar-refractivity contribution < 1.29 is 52.2 Å². The van der Waals surface area contributed by atoms with E-state index in [4.69, 9.17) is 23.3 Å².